The van der Waals surface area contributed by atoms with Crippen molar-refractivity contribution in [2.45, 2.75) is 99.3 Å². The molecule has 0 amide bonds. The average Bonchev–Trinajstić information content (AvgIpc) is 4.00. The number of benzene rings is 9. The summed E-state index contributed by atoms with van der Waals surface area (Å²) >= 11 is 0. The zero-order valence-corrected chi connectivity index (χ0v) is 46.2. The van der Waals surface area contributed by atoms with Crippen molar-refractivity contribution in [1.29, 1.82) is 0 Å². The van der Waals surface area contributed by atoms with Gasteiger partial charge in [0.2, 0.25) is 0 Å². The van der Waals surface area contributed by atoms with Gasteiger partial charge in [0.25, 0.3) is 6.71 Å². The molecule has 0 atom stereocenters. The molecule has 3 aliphatic rings. The molecular weight excluding hydrogens is 922 g/mol. The molecule has 3 aliphatic heterocycles. The summed E-state index contributed by atoms with van der Waals surface area (Å²) in [6.07, 6.45) is 0. The van der Waals surface area contributed by atoms with E-state index in [1.807, 2.05) is 0 Å². The number of aryl methyl sites for hydroxylation is 3. The largest absolute Gasteiger partial charge is 0.456 e. The average molecular weight is 989 g/mol. The minimum Gasteiger partial charge on any atom is -0.456 e. The molecule has 5 nitrogen and oxygen atoms in total. The highest BCUT2D eigenvalue weighted by Crippen LogP contribution is 2.52. The number of hydrogen-bond acceptors (Lipinski definition) is 5. The van der Waals surface area contributed by atoms with E-state index in [9.17, 15) is 0 Å². The predicted molar refractivity (Wildman–Crippen MR) is 327 cm³/mol. The molecule has 76 heavy (non-hydrogen) atoms. The van der Waals surface area contributed by atoms with Crippen molar-refractivity contribution < 1.29 is 4.42 Å². The lowest BCUT2D eigenvalue weighted by atomic mass is 9.33. The Balaban J connectivity index is 1.14. The Kier molecular flexibility index (Phi) is 10.7. The van der Waals surface area contributed by atoms with Crippen LogP contribution in [0.15, 0.2) is 186 Å². The second-order valence-electron chi connectivity index (χ2n) is 24.9. The Morgan fingerprint density at radius 1 is 0.355 bits per heavy atom. The van der Waals surface area contributed by atoms with Crippen molar-refractivity contribution >= 4 is 114 Å². The number of anilines is 10. The molecule has 0 bridgehead atoms. The summed E-state index contributed by atoms with van der Waals surface area (Å²) in [5.41, 5.74) is 26.2. The maximum Gasteiger partial charge on any atom is 0.421 e. The zero-order valence-electron chi connectivity index (χ0n) is 46.2. The second-order valence-corrected chi connectivity index (χ2v) is 24.9. The van der Waals surface area contributed by atoms with Gasteiger partial charge in [0.15, 0.2) is 0 Å². The van der Waals surface area contributed by atoms with E-state index in [-0.39, 0.29) is 29.9 Å². The lowest BCUT2D eigenvalue weighted by Crippen LogP contribution is -2.61. The van der Waals surface area contributed by atoms with Crippen molar-refractivity contribution in [3.63, 3.8) is 0 Å². The highest BCUT2D eigenvalue weighted by atomic mass is 16.3. The molecule has 0 saturated heterocycles. The predicted octanol–water partition coefficient (Wildman–Crippen LogP) is 16.2. The summed E-state index contributed by atoms with van der Waals surface area (Å²) in [5.74, 6) is 0. The molecule has 7 heteroatoms. The van der Waals surface area contributed by atoms with Gasteiger partial charge in [-0.25, -0.2) is 0 Å². The van der Waals surface area contributed by atoms with Gasteiger partial charge in [0.05, 0.1) is 11.4 Å². The van der Waals surface area contributed by atoms with E-state index in [1.54, 1.807) is 0 Å². The van der Waals surface area contributed by atoms with Gasteiger partial charge in [-0.1, -0.05) is 164 Å². The third-order valence-corrected chi connectivity index (χ3v) is 16.6. The third kappa shape index (κ3) is 7.52. The maximum absolute atomic E-state index is 6.73. The van der Waals surface area contributed by atoms with Gasteiger partial charge in [0.1, 0.15) is 11.2 Å². The molecule has 0 radical (unpaired) electrons. The zero-order chi connectivity index (χ0) is 52.7. The monoisotopic (exact) mass is 989 g/mol. The Hall–Kier alpha value is -7.89. The van der Waals surface area contributed by atoms with Crippen LogP contribution in [0.1, 0.15) is 95.7 Å². The van der Waals surface area contributed by atoms with E-state index in [4.69, 9.17) is 4.42 Å². The molecule has 0 saturated carbocycles. The van der Waals surface area contributed by atoms with Gasteiger partial charge < -0.3 is 23.8 Å². The smallest absolute Gasteiger partial charge is 0.421 e. The first-order valence-electron chi connectivity index (χ1n) is 27.2. The SMILES string of the molecule is Cc1cc2c3c(c1)N(c1ccc4c(c1)oc1ccccc14)c1cc4c(cc1B3c1ccc(C(C)(C)C)cc1N2c1ccc(C(C)(C)C)cc1)N(c1ccccc1)B(c1c(C)cc(C(C)(C)C)cc1C)N4c1ccccc1. The number of hydrogen-bond donors (Lipinski definition) is 0. The number of para-hydroxylation sites is 3. The van der Waals surface area contributed by atoms with E-state index >= 15 is 0 Å². The first-order chi connectivity index (χ1) is 36.3. The van der Waals surface area contributed by atoms with Crippen LogP contribution in [0.5, 0.6) is 0 Å². The molecule has 0 spiro atoms. The van der Waals surface area contributed by atoms with Gasteiger partial charge in [-0.2, -0.15) is 0 Å². The quantitative estimate of drug-likeness (QED) is 0.160. The molecule has 1 aromatic heterocycles. The van der Waals surface area contributed by atoms with Crippen LogP contribution in [0, 0.1) is 20.8 Å². The standard InChI is InChI=1S/C69H66B2N4O/c1-43-35-61-66-62(36-43)73(52-32-33-54-53-25-19-20-26-63(53)76-64(54)40-52)58-42-60-59(41-56(58)70(66)55-34-29-47(68(7,8)9)39-57(55)72(61)49-30-27-46(28-31-49)67(4,5)6)74(50-21-15-13-16-22-50)71(75(60)51-23-17-14-18-24-51)65-44(2)37-48(38-45(65)3)69(10,11)12/h13-42H,1-12H3. The minimum absolute atomic E-state index is 0.000424. The van der Waals surface area contributed by atoms with Crippen LogP contribution < -0.4 is 41.3 Å². The lowest BCUT2D eigenvalue weighted by molar-refractivity contribution is 0.589. The maximum atomic E-state index is 6.73. The molecule has 0 aliphatic carbocycles. The van der Waals surface area contributed by atoms with Gasteiger partial charge in [-0.05, 0) is 166 Å². The molecule has 13 rings (SSSR count). The Bertz CT molecular complexity index is 3930. The summed E-state index contributed by atoms with van der Waals surface area (Å²) in [6, 6.07) is 68.9. The number of rotatable bonds is 5. The summed E-state index contributed by atoms with van der Waals surface area (Å²) < 4.78 is 6.73. The number of furan rings is 1. The van der Waals surface area contributed by atoms with Crippen LogP contribution in [0.3, 0.4) is 0 Å². The lowest BCUT2D eigenvalue weighted by Gasteiger charge is -2.45. The minimum atomic E-state index is -0.197. The van der Waals surface area contributed by atoms with Crippen molar-refractivity contribution in [2.24, 2.45) is 0 Å². The Morgan fingerprint density at radius 3 is 1.47 bits per heavy atom. The molecule has 10 aromatic rings. The van der Waals surface area contributed by atoms with Crippen LogP contribution in [0.4, 0.5) is 56.9 Å². The van der Waals surface area contributed by atoms with E-state index in [2.05, 4.69) is 284 Å². The molecule has 374 valence electrons. The molecule has 4 heterocycles. The summed E-state index contributed by atoms with van der Waals surface area (Å²) in [5, 5.41) is 2.24. The number of nitrogens with zero attached hydrogens (tertiary/aromatic N) is 4. The molecule has 0 N–H and O–H groups in total. The molecule has 9 aromatic carbocycles. The normalized spacial score (nSPS) is 14.2. The van der Waals surface area contributed by atoms with Crippen molar-refractivity contribution in [1.82, 2.24) is 0 Å². The highest BCUT2D eigenvalue weighted by molar-refractivity contribution is 7.00. The summed E-state index contributed by atoms with van der Waals surface area (Å²) in [6.45, 7) is 27.5. The highest BCUT2D eigenvalue weighted by Gasteiger charge is 2.50. The molecule has 0 unspecified atom stereocenters. The van der Waals surface area contributed by atoms with Crippen LogP contribution in [0.2, 0.25) is 0 Å². The topological polar surface area (TPSA) is 26.1 Å². The van der Waals surface area contributed by atoms with E-state index < -0.39 is 0 Å². The molecular formula is C69H66B2N4O. The van der Waals surface area contributed by atoms with Crippen molar-refractivity contribution in [3.05, 3.63) is 215 Å². The van der Waals surface area contributed by atoms with Crippen LogP contribution in [-0.4, -0.2) is 13.7 Å². The van der Waals surface area contributed by atoms with Crippen molar-refractivity contribution in [3.8, 4) is 0 Å². The summed E-state index contributed by atoms with van der Waals surface area (Å²) in [7, 11) is 0. The van der Waals surface area contributed by atoms with Crippen LogP contribution >= 0.6 is 0 Å². The molecule has 0 fully saturated rings. The van der Waals surface area contributed by atoms with Gasteiger partial charge >= 0.3 is 6.98 Å². The fraction of sp³-hybridized carbons (Fsp3) is 0.217. The van der Waals surface area contributed by atoms with E-state index in [0.29, 0.717) is 0 Å². The Labute approximate surface area is 450 Å². The van der Waals surface area contributed by atoms with Gasteiger partial charge in [-0.3, -0.25) is 0 Å². The Morgan fingerprint density at radius 2 is 0.868 bits per heavy atom. The summed E-state index contributed by atoms with van der Waals surface area (Å²) in [4.78, 5) is 10.4. The van der Waals surface area contributed by atoms with E-state index in [0.717, 1.165) is 56.1 Å². The number of fused-ring (bicyclic) bond motifs is 8. The fourth-order valence-corrected chi connectivity index (χ4v) is 12.7. The fourth-order valence-electron chi connectivity index (χ4n) is 12.7. The van der Waals surface area contributed by atoms with Gasteiger partial charge in [0, 0.05) is 62.3 Å². The van der Waals surface area contributed by atoms with Gasteiger partial charge in [-0.15, -0.1) is 0 Å². The van der Waals surface area contributed by atoms with Crippen molar-refractivity contribution in [2.75, 3.05) is 19.4 Å². The van der Waals surface area contributed by atoms with E-state index in [1.165, 1.54) is 78.0 Å². The third-order valence-electron chi connectivity index (χ3n) is 16.6. The van der Waals surface area contributed by atoms with Crippen LogP contribution in [0.25, 0.3) is 21.9 Å². The first-order valence-corrected chi connectivity index (χ1v) is 27.2. The first kappa shape index (κ1) is 47.8. The van der Waals surface area contributed by atoms with Crippen LogP contribution in [-0.2, 0) is 16.2 Å². The second kappa shape index (κ2) is 17.1.